The number of aryl methyl sites for hydroxylation is 1. The van der Waals surface area contributed by atoms with Crippen LogP contribution in [0, 0.1) is 6.92 Å². The molecule has 110 valence electrons. The Morgan fingerprint density at radius 1 is 1.35 bits per heavy atom. The highest BCUT2D eigenvalue weighted by molar-refractivity contribution is 6.40. The van der Waals surface area contributed by atoms with E-state index in [-0.39, 0.29) is 6.54 Å². The molecule has 0 saturated heterocycles. The molecule has 0 aliphatic carbocycles. The van der Waals surface area contributed by atoms with Crippen molar-refractivity contribution >= 4 is 29.1 Å². The zero-order valence-corrected chi connectivity index (χ0v) is 12.3. The van der Waals surface area contributed by atoms with Crippen molar-refractivity contribution in [2.75, 3.05) is 11.9 Å². The van der Waals surface area contributed by atoms with Crippen LogP contribution in [0.3, 0.4) is 0 Å². The number of hydrogen-bond donors (Lipinski definition) is 3. The Balaban J connectivity index is 2.49. The summed E-state index contributed by atoms with van der Waals surface area (Å²) in [5, 5.41) is 14.8. The Labute approximate surface area is 123 Å². The highest BCUT2D eigenvalue weighted by atomic mass is 35.5. The van der Waals surface area contributed by atoms with Crippen LogP contribution in [0.1, 0.15) is 25.3 Å². The van der Waals surface area contributed by atoms with Crippen molar-refractivity contribution in [3.05, 3.63) is 28.8 Å². The first kappa shape index (κ1) is 16.5. The molecular formula is C14H19ClN2O3. The van der Waals surface area contributed by atoms with Crippen LogP contribution in [-0.2, 0) is 9.59 Å². The van der Waals surface area contributed by atoms with Crippen LogP contribution in [-0.4, -0.2) is 29.6 Å². The molecule has 20 heavy (non-hydrogen) atoms. The molecule has 0 spiro atoms. The van der Waals surface area contributed by atoms with E-state index in [1.54, 1.807) is 25.1 Å². The van der Waals surface area contributed by atoms with Crippen molar-refractivity contribution in [1.82, 2.24) is 5.32 Å². The molecular weight excluding hydrogens is 280 g/mol. The van der Waals surface area contributed by atoms with Gasteiger partial charge in [0.2, 0.25) is 0 Å². The summed E-state index contributed by atoms with van der Waals surface area (Å²) in [6.07, 6.45) is 0.573. The van der Waals surface area contributed by atoms with Crippen LogP contribution in [0.2, 0.25) is 5.02 Å². The molecule has 0 aromatic heterocycles. The van der Waals surface area contributed by atoms with E-state index in [0.29, 0.717) is 23.6 Å². The van der Waals surface area contributed by atoms with Gasteiger partial charge in [-0.15, -0.1) is 0 Å². The molecule has 0 aliphatic rings. The second-order valence-electron chi connectivity index (χ2n) is 4.52. The van der Waals surface area contributed by atoms with Crippen molar-refractivity contribution in [3.8, 4) is 0 Å². The quantitative estimate of drug-likeness (QED) is 0.726. The maximum atomic E-state index is 11.7. The number of rotatable bonds is 5. The van der Waals surface area contributed by atoms with Crippen molar-refractivity contribution in [2.24, 2.45) is 0 Å². The predicted molar refractivity (Wildman–Crippen MR) is 78.7 cm³/mol. The smallest absolute Gasteiger partial charge is 0.313 e. The van der Waals surface area contributed by atoms with Crippen molar-refractivity contribution in [2.45, 2.75) is 32.8 Å². The Hall–Kier alpha value is -1.59. The molecule has 0 aliphatic heterocycles. The van der Waals surface area contributed by atoms with Gasteiger partial charge in [-0.2, -0.15) is 0 Å². The largest absolute Gasteiger partial charge is 0.393 e. The summed E-state index contributed by atoms with van der Waals surface area (Å²) < 4.78 is 0. The summed E-state index contributed by atoms with van der Waals surface area (Å²) in [6.45, 7) is 3.92. The number of hydrogen-bond acceptors (Lipinski definition) is 3. The van der Waals surface area contributed by atoms with Crippen LogP contribution in [0.25, 0.3) is 0 Å². The van der Waals surface area contributed by atoms with E-state index in [0.717, 1.165) is 5.56 Å². The van der Waals surface area contributed by atoms with E-state index in [2.05, 4.69) is 10.6 Å². The Kier molecular flexibility index (Phi) is 6.48. The topological polar surface area (TPSA) is 78.4 Å². The lowest BCUT2D eigenvalue weighted by Crippen LogP contribution is -2.36. The number of benzene rings is 1. The van der Waals surface area contributed by atoms with Gasteiger partial charge >= 0.3 is 11.8 Å². The number of aliphatic hydroxyl groups excluding tert-OH is 1. The molecule has 1 aromatic carbocycles. The molecule has 6 heteroatoms. The van der Waals surface area contributed by atoms with E-state index >= 15 is 0 Å². The molecule has 1 unspecified atom stereocenters. The molecule has 0 saturated carbocycles. The number of anilines is 1. The fourth-order valence-electron chi connectivity index (χ4n) is 1.54. The van der Waals surface area contributed by atoms with Gasteiger partial charge in [0, 0.05) is 17.3 Å². The normalized spacial score (nSPS) is 11.8. The SMILES string of the molecule is CCC(O)CCNC(=O)C(=O)Nc1cc(Cl)ccc1C. The minimum absolute atomic E-state index is 0.260. The van der Waals surface area contributed by atoms with Crippen molar-refractivity contribution < 1.29 is 14.7 Å². The Morgan fingerprint density at radius 3 is 2.70 bits per heavy atom. The standard InChI is InChI=1S/C14H19ClN2O3/c1-3-11(18)6-7-16-13(19)14(20)17-12-8-10(15)5-4-9(12)2/h4-5,8,11,18H,3,6-7H2,1-2H3,(H,16,19)(H,17,20). The first-order valence-corrected chi connectivity index (χ1v) is 6.85. The van der Waals surface area contributed by atoms with E-state index in [1.807, 2.05) is 6.92 Å². The van der Waals surface area contributed by atoms with Gasteiger partial charge < -0.3 is 15.7 Å². The van der Waals surface area contributed by atoms with Gasteiger partial charge in [-0.25, -0.2) is 0 Å². The third-order valence-electron chi connectivity index (χ3n) is 2.89. The Bertz CT molecular complexity index is 491. The molecule has 5 nitrogen and oxygen atoms in total. The molecule has 3 N–H and O–H groups in total. The first-order chi connectivity index (χ1) is 9.43. The molecule has 2 amide bonds. The minimum Gasteiger partial charge on any atom is -0.393 e. The van der Waals surface area contributed by atoms with E-state index in [1.165, 1.54) is 0 Å². The lowest BCUT2D eigenvalue weighted by molar-refractivity contribution is -0.136. The average Bonchev–Trinajstić information content (AvgIpc) is 2.42. The summed E-state index contributed by atoms with van der Waals surface area (Å²) in [5.41, 5.74) is 1.32. The van der Waals surface area contributed by atoms with Crippen LogP contribution >= 0.6 is 11.6 Å². The van der Waals surface area contributed by atoms with Gasteiger partial charge in [0.25, 0.3) is 0 Å². The molecule has 0 radical (unpaired) electrons. The van der Waals surface area contributed by atoms with Crippen molar-refractivity contribution in [3.63, 3.8) is 0 Å². The highest BCUT2D eigenvalue weighted by Gasteiger charge is 2.14. The molecule has 0 bridgehead atoms. The van der Waals surface area contributed by atoms with E-state index in [9.17, 15) is 14.7 Å². The lowest BCUT2D eigenvalue weighted by Gasteiger charge is -2.10. The van der Waals surface area contributed by atoms with Crippen LogP contribution in [0.15, 0.2) is 18.2 Å². The predicted octanol–water partition coefficient (Wildman–Crippen LogP) is 1.86. The molecule has 0 heterocycles. The number of carbonyl (C=O) groups is 2. The molecule has 1 atom stereocenters. The van der Waals surface area contributed by atoms with Gasteiger partial charge in [-0.05, 0) is 37.5 Å². The van der Waals surface area contributed by atoms with Crippen LogP contribution in [0.5, 0.6) is 0 Å². The van der Waals surface area contributed by atoms with Crippen LogP contribution < -0.4 is 10.6 Å². The summed E-state index contributed by atoms with van der Waals surface area (Å²) in [5.74, 6) is -1.48. The zero-order chi connectivity index (χ0) is 15.1. The van der Waals surface area contributed by atoms with Gasteiger partial charge in [-0.1, -0.05) is 24.6 Å². The number of aliphatic hydroxyl groups is 1. The summed E-state index contributed by atoms with van der Waals surface area (Å²) >= 11 is 5.83. The monoisotopic (exact) mass is 298 g/mol. The second-order valence-corrected chi connectivity index (χ2v) is 4.96. The third-order valence-corrected chi connectivity index (χ3v) is 3.12. The third kappa shape index (κ3) is 5.19. The lowest BCUT2D eigenvalue weighted by atomic mass is 10.2. The molecule has 1 aromatic rings. The summed E-state index contributed by atoms with van der Waals surface area (Å²) in [6, 6.07) is 5.05. The van der Waals surface area contributed by atoms with E-state index in [4.69, 9.17) is 11.6 Å². The minimum atomic E-state index is -0.749. The average molecular weight is 299 g/mol. The number of halogens is 1. The molecule has 0 fully saturated rings. The summed E-state index contributed by atoms with van der Waals surface area (Å²) in [7, 11) is 0. The van der Waals surface area contributed by atoms with Gasteiger partial charge in [-0.3, -0.25) is 9.59 Å². The van der Waals surface area contributed by atoms with Gasteiger partial charge in [0.05, 0.1) is 6.10 Å². The number of nitrogens with one attached hydrogen (secondary N) is 2. The second kappa shape index (κ2) is 7.87. The first-order valence-electron chi connectivity index (χ1n) is 6.47. The van der Waals surface area contributed by atoms with Gasteiger partial charge in [0.1, 0.15) is 0 Å². The van der Waals surface area contributed by atoms with E-state index < -0.39 is 17.9 Å². The zero-order valence-electron chi connectivity index (χ0n) is 11.6. The molecule has 1 rings (SSSR count). The highest BCUT2D eigenvalue weighted by Crippen LogP contribution is 2.19. The van der Waals surface area contributed by atoms with Gasteiger partial charge in [0.15, 0.2) is 0 Å². The summed E-state index contributed by atoms with van der Waals surface area (Å²) in [4.78, 5) is 23.3. The fraction of sp³-hybridized carbons (Fsp3) is 0.429. The Morgan fingerprint density at radius 2 is 2.05 bits per heavy atom. The van der Waals surface area contributed by atoms with Crippen LogP contribution in [0.4, 0.5) is 5.69 Å². The number of amides is 2. The fourth-order valence-corrected chi connectivity index (χ4v) is 1.72. The maximum Gasteiger partial charge on any atom is 0.313 e. The maximum absolute atomic E-state index is 11.7. The van der Waals surface area contributed by atoms with Crippen molar-refractivity contribution in [1.29, 1.82) is 0 Å². The number of carbonyl (C=O) groups excluding carboxylic acids is 2.